The van der Waals surface area contributed by atoms with Gasteiger partial charge in [-0.3, -0.25) is 4.90 Å². The van der Waals surface area contributed by atoms with Crippen LogP contribution in [0.1, 0.15) is 11.1 Å². The van der Waals surface area contributed by atoms with E-state index in [9.17, 15) is 0 Å². The number of likely N-dealkylation sites (N-methyl/N-ethyl adjacent to an activating group) is 1. The Kier molecular flexibility index (Phi) is 6.05. The Morgan fingerprint density at radius 1 is 1.25 bits per heavy atom. The van der Waals surface area contributed by atoms with Crippen LogP contribution in [0.15, 0.2) is 41.1 Å². The molecular formula is C16H22N2OS. The zero-order valence-electron chi connectivity index (χ0n) is 12.1. The highest BCUT2D eigenvalue weighted by atomic mass is 32.1. The van der Waals surface area contributed by atoms with Gasteiger partial charge in [0.1, 0.15) is 12.4 Å². The molecule has 0 aliphatic carbocycles. The molecule has 1 aromatic heterocycles. The molecule has 0 saturated heterocycles. The lowest BCUT2D eigenvalue weighted by Gasteiger charge is -2.17. The molecule has 0 bridgehead atoms. The molecule has 3 nitrogen and oxygen atoms in total. The number of rotatable bonds is 8. The van der Waals surface area contributed by atoms with Gasteiger partial charge in [-0.15, -0.1) is 0 Å². The Morgan fingerprint density at radius 3 is 2.85 bits per heavy atom. The second-order valence-electron chi connectivity index (χ2n) is 4.86. The van der Waals surface area contributed by atoms with E-state index in [0.29, 0.717) is 6.61 Å². The zero-order chi connectivity index (χ0) is 14.2. The Labute approximate surface area is 125 Å². The van der Waals surface area contributed by atoms with Crippen molar-refractivity contribution in [3.63, 3.8) is 0 Å². The average Bonchev–Trinajstić information content (AvgIpc) is 2.94. The lowest BCUT2D eigenvalue weighted by Crippen LogP contribution is -2.24. The summed E-state index contributed by atoms with van der Waals surface area (Å²) in [5.74, 6) is 0.978. The van der Waals surface area contributed by atoms with Crippen LogP contribution in [-0.2, 0) is 13.1 Å². The fraction of sp³-hybridized carbons (Fsp3) is 0.375. The van der Waals surface area contributed by atoms with Gasteiger partial charge in [-0.05, 0) is 42.6 Å². The highest BCUT2D eigenvalue weighted by Gasteiger charge is 2.04. The summed E-state index contributed by atoms with van der Waals surface area (Å²) in [4.78, 5) is 2.28. The maximum atomic E-state index is 5.90. The van der Waals surface area contributed by atoms with Gasteiger partial charge in [-0.2, -0.15) is 11.3 Å². The first-order chi connectivity index (χ1) is 9.79. The van der Waals surface area contributed by atoms with Gasteiger partial charge in [0.25, 0.3) is 0 Å². The molecule has 0 atom stereocenters. The molecule has 0 aliphatic rings. The minimum Gasteiger partial charge on any atom is -0.492 e. The molecular weight excluding hydrogens is 268 g/mol. The van der Waals surface area contributed by atoms with Crippen molar-refractivity contribution >= 4 is 11.3 Å². The van der Waals surface area contributed by atoms with E-state index in [1.807, 2.05) is 25.2 Å². The number of nitrogens with zero attached hydrogens (tertiary/aromatic N) is 1. The third-order valence-electron chi connectivity index (χ3n) is 3.10. The molecule has 1 heterocycles. The second kappa shape index (κ2) is 8.04. The molecule has 1 N–H and O–H groups in total. The summed E-state index contributed by atoms with van der Waals surface area (Å²) in [7, 11) is 4.08. The van der Waals surface area contributed by atoms with E-state index < -0.39 is 0 Å². The summed E-state index contributed by atoms with van der Waals surface area (Å²) in [6, 6.07) is 10.4. The van der Waals surface area contributed by atoms with Gasteiger partial charge in [0.15, 0.2) is 0 Å². The predicted octanol–water partition coefficient (Wildman–Crippen LogP) is 2.98. The van der Waals surface area contributed by atoms with Crippen LogP contribution in [-0.4, -0.2) is 32.1 Å². The van der Waals surface area contributed by atoms with Gasteiger partial charge in [0, 0.05) is 25.2 Å². The maximum absolute atomic E-state index is 5.90. The summed E-state index contributed by atoms with van der Waals surface area (Å²) >= 11 is 1.74. The molecule has 0 fully saturated rings. The number of nitrogens with one attached hydrogen (secondary N) is 1. The Bertz CT molecular complexity index is 499. The summed E-state index contributed by atoms with van der Waals surface area (Å²) in [6.45, 7) is 3.44. The van der Waals surface area contributed by atoms with Crippen molar-refractivity contribution in [3.8, 4) is 5.75 Å². The van der Waals surface area contributed by atoms with Gasteiger partial charge in [-0.1, -0.05) is 18.2 Å². The van der Waals surface area contributed by atoms with E-state index in [-0.39, 0.29) is 0 Å². The van der Waals surface area contributed by atoms with Gasteiger partial charge in [0.05, 0.1) is 0 Å². The quantitative estimate of drug-likeness (QED) is 0.809. The summed E-state index contributed by atoms with van der Waals surface area (Å²) in [6.07, 6.45) is 0. The van der Waals surface area contributed by atoms with Crippen molar-refractivity contribution in [1.82, 2.24) is 10.2 Å². The maximum Gasteiger partial charge on any atom is 0.123 e. The molecule has 0 radical (unpaired) electrons. The van der Waals surface area contributed by atoms with Gasteiger partial charge < -0.3 is 10.1 Å². The van der Waals surface area contributed by atoms with Crippen LogP contribution in [0.3, 0.4) is 0 Å². The van der Waals surface area contributed by atoms with Crippen LogP contribution in [0.2, 0.25) is 0 Å². The third-order valence-corrected chi connectivity index (χ3v) is 3.84. The number of hydrogen-bond donors (Lipinski definition) is 1. The number of hydrogen-bond acceptors (Lipinski definition) is 4. The van der Waals surface area contributed by atoms with Crippen molar-refractivity contribution in [1.29, 1.82) is 0 Å². The molecule has 0 spiro atoms. The molecule has 0 saturated carbocycles. The topological polar surface area (TPSA) is 24.5 Å². The van der Waals surface area contributed by atoms with Crippen molar-refractivity contribution < 1.29 is 4.74 Å². The zero-order valence-corrected chi connectivity index (χ0v) is 13.0. The van der Waals surface area contributed by atoms with Crippen molar-refractivity contribution in [2.45, 2.75) is 13.1 Å². The molecule has 0 amide bonds. The fourth-order valence-corrected chi connectivity index (χ4v) is 2.73. The number of benzene rings is 1. The molecule has 2 rings (SSSR count). The van der Waals surface area contributed by atoms with Crippen LogP contribution in [0.5, 0.6) is 5.75 Å². The normalized spacial score (nSPS) is 10.9. The van der Waals surface area contributed by atoms with E-state index in [1.165, 1.54) is 11.1 Å². The van der Waals surface area contributed by atoms with Crippen LogP contribution in [0.25, 0.3) is 0 Å². The molecule has 4 heteroatoms. The highest BCUT2D eigenvalue weighted by Crippen LogP contribution is 2.17. The SMILES string of the molecule is CNCc1ccccc1OCCN(C)Cc1ccsc1. The minimum atomic E-state index is 0.710. The largest absolute Gasteiger partial charge is 0.492 e. The van der Waals surface area contributed by atoms with E-state index >= 15 is 0 Å². The van der Waals surface area contributed by atoms with Gasteiger partial charge in [-0.25, -0.2) is 0 Å². The molecule has 0 unspecified atom stereocenters. The second-order valence-corrected chi connectivity index (χ2v) is 5.64. The lowest BCUT2D eigenvalue weighted by molar-refractivity contribution is 0.231. The standard InChI is InChI=1S/C16H22N2OS/c1-17-11-15-5-3-4-6-16(15)19-9-8-18(2)12-14-7-10-20-13-14/h3-7,10,13,17H,8-9,11-12H2,1-2H3. The van der Waals surface area contributed by atoms with E-state index in [4.69, 9.17) is 4.74 Å². The minimum absolute atomic E-state index is 0.710. The van der Waals surface area contributed by atoms with Gasteiger partial charge >= 0.3 is 0 Å². The summed E-state index contributed by atoms with van der Waals surface area (Å²) in [5, 5.41) is 7.48. The van der Waals surface area contributed by atoms with Crippen molar-refractivity contribution in [2.75, 3.05) is 27.2 Å². The first-order valence-corrected chi connectivity index (χ1v) is 7.79. The molecule has 108 valence electrons. The van der Waals surface area contributed by atoms with E-state index in [1.54, 1.807) is 11.3 Å². The summed E-state index contributed by atoms with van der Waals surface area (Å²) < 4.78 is 5.90. The smallest absolute Gasteiger partial charge is 0.123 e. The Balaban J connectivity index is 1.77. The predicted molar refractivity (Wildman–Crippen MR) is 85.4 cm³/mol. The lowest BCUT2D eigenvalue weighted by atomic mass is 10.2. The first-order valence-electron chi connectivity index (χ1n) is 6.84. The highest BCUT2D eigenvalue weighted by molar-refractivity contribution is 7.07. The van der Waals surface area contributed by atoms with Crippen molar-refractivity contribution in [2.24, 2.45) is 0 Å². The number of ether oxygens (including phenoxy) is 1. The number of para-hydroxylation sites is 1. The molecule has 2 aromatic rings. The third kappa shape index (κ3) is 4.63. The van der Waals surface area contributed by atoms with E-state index in [0.717, 1.165) is 25.4 Å². The van der Waals surface area contributed by atoms with Gasteiger partial charge in [0.2, 0.25) is 0 Å². The Hall–Kier alpha value is -1.36. The van der Waals surface area contributed by atoms with Crippen LogP contribution < -0.4 is 10.1 Å². The molecule has 1 aromatic carbocycles. The Morgan fingerprint density at radius 2 is 2.10 bits per heavy atom. The van der Waals surface area contributed by atoms with Crippen LogP contribution in [0, 0.1) is 0 Å². The van der Waals surface area contributed by atoms with Crippen molar-refractivity contribution in [3.05, 3.63) is 52.2 Å². The monoisotopic (exact) mass is 290 g/mol. The average molecular weight is 290 g/mol. The van der Waals surface area contributed by atoms with Crippen LogP contribution >= 0.6 is 11.3 Å². The molecule has 20 heavy (non-hydrogen) atoms. The summed E-state index contributed by atoms with van der Waals surface area (Å²) in [5.41, 5.74) is 2.57. The van der Waals surface area contributed by atoms with E-state index in [2.05, 4.69) is 40.2 Å². The first kappa shape index (κ1) is 15.0. The molecule has 0 aliphatic heterocycles. The number of thiophene rings is 1. The fourth-order valence-electron chi connectivity index (χ4n) is 2.07. The van der Waals surface area contributed by atoms with Crippen LogP contribution in [0.4, 0.5) is 0 Å².